The SMILES string of the molecule is OC(COCc1ccccc1)CN1CCOC(c2cccs2)C1. The maximum Gasteiger partial charge on any atom is 0.104 e. The number of rotatable bonds is 7. The van der Waals surface area contributed by atoms with E-state index in [-0.39, 0.29) is 6.10 Å². The number of hydrogen-bond acceptors (Lipinski definition) is 5. The molecule has 1 aliphatic heterocycles. The number of ether oxygens (including phenoxy) is 2. The van der Waals surface area contributed by atoms with E-state index >= 15 is 0 Å². The van der Waals surface area contributed by atoms with Crippen LogP contribution in [-0.4, -0.2) is 49.0 Å². The maximum atomic E-state index is 10.2. The van der Waals surface area contributed by atoms with Crippen molar-refractivity contribution in [2.45, 2.75) is 18.8 Å². The molecule has 0 saturated carbocycles. The van der Waals surface area contributed by atoms with Gasteiger partial charge in [0.1, 0.15) is 6.10 Å². The van der Waals surface area contributed by atoms with Crippen LogP contribution in [0.5, 0.6) is 0 Å². The number of aliphatic hydroxyl groups excluding tert-OH is 1. The van der Waals surface area contributed by atoms with E-state index in [1.165, 1.54) is 4.88 Å². The Bertz CT molecular complexity index is 561. The summed E-state index contributed by atoms with van der Waals surface area (Å²) >= 11 is 1.72. The Labute approximate surface area is 141 Å². The van der Waals surface area contributed by atoms with Crippen molar-refractivity contribution < 1.29 is 14.6 Å². The Hall–Kier alpha value is -1.24. The van der Waals surface area contributed by atoms with Crippen LogP contribution in [0.25, 0.3) is 0 Å². The summed E-state index contributed by atoms with van der Waals surface area (Å²) in [6.07, 6.45) is -0.345. The highest BCUT2D eigenvalue weighted by Gasteiger charge is 2.24. The van der Waals surface area contributed by atoms with E-state index in [0.29, 0.717) is 26.4 Å². The van der Waals surface area contributed by atoms with Crippen LogP contribution in [0, 0.1) is 0 Å². The van der Waals surface area contributed by atoms with Crippen molar-refractivity contribution in [1.29, 1.82) is 0 Å². The molecule has 3 rings (SSSR count). The Morgan fingerprint density at radius 1 is 1.26 bits per heavy atom. The van der Waals surface area contributed by atoms with Crippen LogP contribution >= 0.6 is 11.3 Å². The molecule has 2 aromatic rings. The van der Waals surface area contributed by atoms with E-state index in [1.54, 1.807) is 11.3 Å². The average molecular weight is 333 g/mol. The Balaban J connectivity index is 1.40. The minimum Gasteiger partial charge on any atom is -0.389 e. The lowest BCUT2D eigenvalue weighted by molar-refractivity contribution is -0.0524. The number of nitrogens with zero attached hydrogens (tertiary/aromatic N) is 1. The first-order chi connectivity index (χ1) is 11.3. The van der Waals surface area contributed by atoms with Gasteiger partial charge in [0.15, 0.2) is 0 Å². The van der Waals surface area contributed by atoms with Crippen LogP contribution in [0.2, 0.25) is 0 Å². The summed E-state index contributed by atoms with van der Waals surface area (Å²) in [4.78, 5) is 3.51. The molecule has 0 bridgehead atoms. The van der Waals surface area contributed by atoms with Crippen molar-refractivity contribution >= 4 is 11.3 Å². The number of thiophene rings is 1. The number of morpholine rings is 1. The zero-order valence-corrected chi connectivity index (χ0v) is 14.0. The van der Waals surface area contributed by atoms with Crippen LogP contribution in [-0.2, 0) is 16.1 Å². The fourth-order valence-electron chi connectivity index (χ4n) is 2.75. The molecule has 1 aliphatic rings. The van der Waals surface area contributed by atoms with Gasteiger partial charge < -0.3 is 14.6 Å². The lowest BCUT2D eigenvalue weighted by Crippen LogP contribution is -2.43. The van der Waals surface area contributed by atoms with Gasteiger partial charge in [0, 0.05) is 24.5 Å². The quantitative estimate of drug-likeness (QED) is 0.846. The minimum absolute atomic E-state index is 0.126. The lowest BCUT2D eigenvalue weighted by atomic mass is 10.2. The molecule has 23 heavy (non-hydrogen) atoms. The van der Waals surface area contributed by atoms with Crippen LogP contribution < -0.4 is 0 Å². The van der Waals surface area contributed by atoms with Gasteiger partial charge in [-0.25, -0.2) is 0 Å². The Kier molecular flexibility index (Phi) is 6.19. The summed E-state index contributed by atoms with van der Waals surface area (Å²) in [5.74, 6) is 0. The van der Waals surface area contributed by atoms with E-state index in [0.717, 1.165) is 18.7 Å². The maximum absolute atomic E-state index is 10.2. The molecule has 5 heteroatoms. The van der Waals surface area contributed by atoms with E-state index < -0.39 is 6.10 Å². The van der Waals surface area contributed by atoms with Crippen molar-refractivity contribution in [3.63, 3.8) is 0 Å². The van der Waals surface area contributed by atoms with Gasteiger partial charge in [-0.1, -0.05) is 36.4 Å². The zero-order chi connectivity index (χ0) is 15.9. The van der Waals surface area contributed by atoms with E-state index in [2.05, 4.69) is 22.4 Å². The van der Waals surface area contributed by atoms with Crippen LogP contribution in [0.1, 0.15) is 16.5 Å². The van der Waals surface area contributed by atoms with Crippen molar-refractivity contribution in [3.8, 4) is 0 Å². The second-order valence-electron chi connectivity index (χ2n) is 5.79. The van der Waals surface area contributed by atoms with Crippen LogP contribution in [0.3, 0.4) is 0 Å². The average Bonchev–Trinajstić information content (AvgIpc) is 3.11. The highest BCUT2D eigenvalue weighted by atomic mass is 32.1. The van der Waals surface area contributed by atoms with Gasteiger partial charge in [0.05, 0.1) is 25.9 Å². The van der Waals surface area contributed by atoms with Gasteiger partial charge in [0.25, 0.3) is 0 Å². The fraction of sp³-hybridized carbons (Fsp3) is 0.444. The molecule has 0 spiro atoms. The number of aliphatic hydroxyl groups is 1. The van der Waals surface area contributed by atoms with Gasteiger partial charge in [0.2, 0.25) is 0 Å². The molecule has 2 atom stereocenters. The molecule has 0 amide bonds. The molecule has 1 aromatic carbocycles. The molecule has 1 N–H and O–H groups in total. The van der Waals surface area contributed by atoms with E-state index in [4.69, 9.17) is 9.47 Å². The standard InChI is InChI=1S/C18H23NO3S/c20-16(14-21-13-15-5-2-1-3-6-15)11-19-8-9-22-17(12-19)18-7-4-10-23-18/h1-7,10,16-17,20H,8-9,11-14H2. The fourth-order valence-corrected chi connectivity index (χ4v) is 3.52. The normalized spacial score (nSPS) is 20.5. The number of hydrogen-bond donors (Lipinski definition) is 1. The summed E-state index contributed by atoms with van der Waals surface area (Å²) < 4.78 is 11.4. The van der Waals surface area contributed by atoms with Gasteiger partial charge in [-0.3, -0.25) is 4.90 Å². The van der Waals surface area contributed by atoms with Crippen LogP contribution in [0.4, 0.5) is 0 Å². The third-order valence-corrected chi connectivity index (χ3v) is 4.87. The lowest BCUT2D eigenvalue weighted by Gasteiger charge is -2.33. The van der Waals surface area contributed by atoms with Crippen molar-refractivity contribution in [1.82, 2.24) is 4.90 Å². The first kappa shape index (κ1) is 16.6. The molecule has 2 unspecified atom stereocenters. The molecule has 124 valence electrons. The zero-order valence-electron chi connectivity index (χ0n) is 13.1. The highest BCUT2D eigenvalue weighted by molar-refractivity contribution is 7.10. The first-order valence-electron chi connectivity index (χ1n) is 7.98. The molecule has 4 nitrogen and oxygen atoms in total. The van der Waals surface area contributed by atoms with Gasteiger partial charge in [-0.2, -0.15) is 0 Å². The van der Waals surface area contributed by atoms with Gasteiger partial charge >= 0.3 is 0 Å². The predicted octanol–water partition coefficient (Wildman–Crippen LogP) is 2.70. The van der Waals surface area contributed by atoms with Gasteiger partial charge in [-0.05, 0) is 17.0 Å². The smallest absolute Gasteiger partial charge is 0.104 e. The first-order valence-corrected chi connectivity index (χ1v) is 8.86. The summed E-state index contributed by atoms with van der Waals surface area (Å²) in [5.41, 5.74) is 1.13. The molecule has 2 heterocycles. The van der Waals surface area contributed by atoms with Crippen LogP contribution in [0.15, 0.2) is 47.8 Å². The van der Waals surface area contributed by atoms with Crippen molar-refractivity contribution in [2.24, 2.45) is 0 Å². The van der Waals surface area contributed by atoms with Crippen molar-refractivity contribution in [3.05, 3.63) is 58.3 Å². The van der Waals surface area contributed by atoms with E-state index in [9.17, 15) is 5.11 Å². The number of β-amino-alcohol motifs (C(OH)–C–C–N with tert-alkyl or cyclic N) is 1. The molecule has 1 saturated heterocycles. The molecule has 1 fully saturated rings. The third-order valence-electron chi connectivity index (χ3n) is 3.90. The second-order valence-corrected chi connectivity index (χ2v) is 6.77. The summed E-state index contributed by atoms with van der Waals surface area (Å²) in [6.45, 7) is 3.92. The summed E-state index contributed by atoms with van der Waals surface area (Å²) in [6, 6.07) is 14.2. The molecule has 1 aromatic heterocycles. The van der Waals surface area contributed by atoms with Crippen molar-refractivity contribution in [2.75, 3.05) is 32.8 Å². The Morgan fingerprint density at radius 2 is 2.13 bits per heavy atom. The summed E-state index contributed by atoms with van der Waals surface area (Å²) in [5, 5.41) is 12.3. The largest absolute Gasteiger partial charge is 0.389 e. The molecular formula is C18H23NO3S. The van der Waals surface area contributed by atoms with E-state index in [1.807, 2.05) is 30.3 Å². The summed E-state index contributed by atoms with van der Waals surface area (Å²) in [7, 11) is 0. The van der Waals surface area contributed by atoms with Gasteiger partial charge in [-0.15, -0.1) is 11.3 Å². The molecular weight excluding hydrogens is 310 g/mol. The Morgan fingerprint density at radius 3 is 2.91 bits per heavy atom. The molecule has 0 radical (unpaired) electrons. The predicted molar refractivity (Wildman–Crippen MR) is 91.6 cm³/mol. The third kappa shape index (κ3) is 5.12. The monoisotopic (exact) mass is 333 g/mol. The topological polar surface area (TPSA) is 41.9 Å². The highest BCUT2D eigenvalue weighted by Crippen LogP contribution is 2.26. The second kappa shape index (κ2) is 8.57. The number of benzene rings is 1. The molecule has 0 aliphatic carbocycles. The minimum atomic E-state index is -0.471.